The van der Waals surface area contributed by atoms with Gasteiger partial charge in [-0.2, -0.15) is 0 Å². The highest BCUT2D eigenvalue weighted by Gasteiger charge is 2.23. The van der Waals surface area contributed by atoms with Gasteiger partial charge in [0.25, 0.3) is 5.91 Å². The number of aryl methyl sites for hydroxylation is 1. The lowest BCUT2D eigenvalue weighted by Crippen LogP contribution is -2.35. The lowest BCUT2D eigenvalue weighted by atomic mass is 10.2. The van der Waals surface area contributed by atoms with Crippen molar-refractivity contribution in [1.29, 1.82) is 0 Å². The van der Waals surface area contributed by atoms with Gasteiger partial charge >= 0.3 is 0 Å². The summed E-state index contributed by atoms with van der Waals surface area (Å²) in [5, 5.41) is 8.10. The average Bonchev–Trinajstić information content (AvgIpc) is 3.05. The first-order chi connectivity index (χ1) is 13.6. The van der Waals surface area contributed by atoms with E-state index < -0.39 is 0 Å². The predicted octanol–water partition coefficient (Wildman–Crippen LogP) is 2.46. The van der Waals surface area contributed by atoms with Crippen molar-refractivity contribution in [2.75, 3.05) is 31.1 Å². The third-order valence-corrected chi connectivity index (χ3v) is 4.87. The molecular formula is C20H21FN6O. The van der Waals surface area contributed by atoms with E-state index in [0.29, 0.717) is 25.3 Å². The molecular weight excluding hydrogens is 359 g/mol. The van der Waals surface area contributed by atoms with Gasteiger partial charge in [0.1, 0.15) is 11.6 Å². The Balaban J connectivity index is 1.47. The summed E-state index contributed by atoms with van der Waals surface area (Å²) in [7, 11) is 0. The van der Waals surface area contributed by atoms with Gasteiger partial charge < -0.3 is 9.80 Å². The molecule has 0 spiro atoms. The number of hydrogen-bond donors (Lipinski definition) is 0. The van der Waals surface area contributed by atoms with Crippen LogP contribution in [0, 0.1) is 12.7 Å². The smallest absolute Gasteiger partial charge is 0.276 e. The lowest BCUT2D eigenvalue weighted by Gasteiger charge is -2.22. The van der Waals surface area contributed by atoms with E-state index >= 15 is 0 Å². The van der Waals surface area contributed by atoms with E-state index in [-0.39, 0.29) is 17.4 Å². The zero-order valence-corrected chi connectivity index (χ0v) is 15.6. The summed E-state index contributed by atoms with van der Waals surface area (Å²) < 4.78 is 14.8. The summed E-state index contributed by atoms with van der Waals surface area (Å²) in [5.41, 5.74) is 1.71. The number of carbonyl (C=O) groups is 1. The van der Waals surface area contributed by atoms with Gasteiger partial charge in [-0.3, -0.25) is 4.79 Å². The Morgan fingerprint density at radius 1 is 1.11 bits per heavy atom. The molecule has 144 valence electrons. The molecule has 3 aromatic rings. The van der Waals surface area contributed by atoms with Gasteiger partial charge in [0.05, 0.1) is 11.9 Å². The molecule has 0 aliphatic carbocycles. The fourth-order valence-electron chi connectivity index (χ4n) is 3.41. The van der Waals surface area contributed by atoms with E-state index in [1.807, 2.05) is 18.2 Å². The molecule has 3 heterocycles. The molecule has 28 heavy (non-hydrogen) atoms. The zero-order valence-electron chi connectivity index (χ0n) is 15.6. The molecule has 0 unspecified atom stereocenters. The number of anilines is 1. The molecule has 1 fully saturated rings. The van der Waals surface area contributed by atoms with Crippen LogP contribution in [0.3, 0.4) is 0 Å². The van der Waals surface area contributed by atoms with Crippen molar-refractivity contribution in [3.8, 4) is 5.69 Å². The second-order valence-electron chi connectivity index (χ2n) is 6.80. The second kappa shape index (κ2) is 7.75. The molecule has 0 N–H and O–H groups in total. The quantitative estimate of drug-likeness (QED) is 0.698. The molecule has 2 aromatic heterocycles. The van der Waals surface area contributed by atoms with Crippen LogP contribution in [0.25, 0.3) is 5.69 Å². The molecule has 0 bridgehead atoms. The van der Waals surface area contributed by atoms with E-state index in [9.17, 15) is 9.18 Å². The number of aromatic nitrogens is 4. The van der Waals surface area contributed by atoms with Gasteiger partial charge in [-0.1, -0.05) is 11.3 Å². The highest BCUT2D eigenvalue weighted by molar-refractivity contribution is 5.92. The molecule has 1 saturated heterocycles. The van der Waals surface area contributed by atoms with Crippen molar-refractivity contribution < 1.29 is 9.18 Å². The largest absolute Gasteiger partial charge is 0.355 e. The van der Waals surface area contributed by atoms with Gasteiger partial charge in [-0.05, 0) is 49.2 Å². The number of halogens is 1. The summed E-state index contributed by atoms with van der Waals surface area (Å²) in [6.07, 6.45) is 4.23. The standard InChI is InChI=1S/C20H21FN6O/c1-15-13-16(21)6-7-18(15)27-14-17(23-24-27)20(28)26-10-4-9-25(11-12-26)19-5-2-3-8-22-19/h2-3,5-8,13-14H,4,9-12H2,1H3. The predicted molar refractivity (Wildman–Crippen MR) is 103 cm³/mol. The Morgan fingerprint density at radius 2 is 2.00 bits per heavy atom. The number of nitrogens with zero attached hydrogens (tertiary/aromatic N) is 6. The number of rotatable bonds is 3. The highest BCUT2D eigenvalue weighted by atomic mass is 19.1. The molecule has 1 aliphatic heterocycles. The first kappa shape index (κ1) is 18.1. The van der Waals surface area contributed by atoms with Crippen LogP contribution in [0.2, 0.25) is 0 Å². The third-order valence-electron chi connectivity index (χ3n) is 4.87. The van der Waals surface area contributed by atoms with Crippen LogP contribution in [-0.4, -0.2) is 57.0 Å². The molecule has 4 rings (SSSR count). The summed E-state index contributed by atoms with van der Waals surface area (Å²) in [4.78, 5) is 21.3. The average molecular weight is 380 g/mol. The molecule has 7 nitrogen and oxygen atoms in total. The maximum Gasteiger partial charge on any atom is 0.276 e. The van der Waals surface area contributed by atoms with Crippen molar-refractivity contribution in [1.82, 2.24) is 24.9 Å². The first-order valence-electron chi connectivity index (χ1n) is 9.26. The van der Waals surface area contributed by atoms with E-state index in [2.05, 4.69) is 20.2 Å². The van der Waals surface area contributed by atoms with Crippen molar-refractivity contribution in [2.24, 2.45) is 0 Å². The first-order valence-corrected chi connectivity index (χ1v) is 9.26. The van der Waals surface area contributed by atoms with Gasteiger partial charge in [0.2, 0.25) is 0 Å². The van der Waals surface area contributed by atoms with Crippen LogP contribution in [0.15, 0.2) is 48.8 Å². The van der Waals surface area contributed by atoms with E-state index in [4.69, 9.17) is 0 Å². The van der Waals surface area contributed by atoms with Gasteiger partial charge in [-0.25, -0.2) is 14.1 Å². The van der Waals surface area contributed by atoms with E-state index in [1.165, 1.54) is 16.8 Å². The number of benzene rings is 1. The van der Waals surface area contributed by atoms with Crippen LogP contribution >= 0.6 is 0 Å². The Bertz CT molecular complexity index is 974. The van der Waals surface area contributed by atoms with Gasteiger partial charge in [0.15, 0.2) is 5.69 Å². The van der Waals surface area contributed by atoms with Gasteiger partial charge in [0, 0.05) is 32.4 Å². The lowest BCUT2D eigenvalue weighted by molar-refractivity contribution is 0.0761. The molecule has 0 saturated carbocycles. The van der Waals surface area contributed by atoms with E-state index in [1.54, 1.807) is 30.3 Å². The monoisotopic (exact) mass is 380 g/mol. The van der Waals surface area contributed by atoms with Crippen LogP contribution in [-0.2, 0) is 0 Å². The van der Waals surface area contributed by atoms with Crippen LogP contribution in [0.4, 0.5) is 10.2 Å². The van der Waals surface area contributed by atoms with Crippen LogP contribution in [0.5, 0.6) is 0 Å². The fourth-order valence-corrected chi connectivity index (χ4v) is 3.41. The van der Waals surface area contributed by atoms with Crippen LogP contribution < -0.4 is 4.90 Å². The van der Waals surface area contributed by atoms with Crippen molar-refractivity contribution >= 4 is 11.7 Å². The maximum atomic E-state index is 13.3. The number of pyridine rings is 1. The Kier molecular flexibility index (Phi) is 5.01. The van der Waals surface area contributed by atoms with Crippen molar-refractivity contribution in [2.45, 2.75) is 13.3 Å². The van der Waals surface area contributed by atoms with Crippen molar-refractivity contribution in [3.05, 3.63) is 65.9 Å². The maximum absolute atomic E-state index is 13.3. The molecule has 0 atom stereocenters. The molecule has 1 amide bonds. The highest BCUT2D eigenvalue weighted by Crippen LogP contribution is 2.17. The molecule has 0 radical (unpaired) electrons. The number of carbonyl (C=O) groups excluding carboxylic acids is 1. The SMILES string of the molecule is Cc1cc(F)ccc1-n1cc(C(=O)N2CCCN(c3ccccn3)CC2)nn1. The summed E-state index contributed by atoms with van der Waals surface area (Å²) in [5.74, 6) is 0.475. The Morgan fingerprint density at radius 3 is 2.79 bits per heavy atom. The van der Waals surface area contributed by atoms with Gasteiger partial charge in [-0.15, -0.1) is 5.10 Å². The zero-order chi connectivity index (χ0) is 19.5. The minimum Gasteiger partial charge on any atom is -0.355 e. The second-order valence-corrected chi connectivity index (χ2v) is 6.80. The number of hydrogen-bond acceptors (Lipinski definition) is 5. The summed E-state index contributed by atoms with van der Waals surface area (Å²) >= 11 is 0. The van der Waals surface area contributed by atoms with Crippen LogP contribution in [0.1, 0.15) is 22.5 Å². The Labute approximate surface area is 162 Å². The molecule has 1 aromatic carbocycles. The van der Waals surface area contributed by atoms with E-state index in [0.717, 1.165) is 24.3 Å². The molecule has 8 heteroatoms. The third kappa shape index (κ3) is 3.71. The summed E-state index contributed by atoms with van der Waals surface area (Å²) in [6, 6.07) is 10.3. The Hall–Kier alpha value is -3.29. The minimum absolute atomic E-state index is 0.145. The number of amides is 1. The summed E-state index contributed by atoms with van der Waals surface area (Å²) in [6.45, 7) is 4.61. The molecule has 1 aliphatic rings. The normalized spacial score (nSPS) is 14.8. The minimum atomic E-state index is -0.306. The topological polar surface area (TPSA) is 67.2 Å². The fraction of sp³-hybridized carbons (Fsp3) is 0.300. The van der Waals surface area contributed by atoms with Crippen molar-refractivity contribution in [3.63, 3.8) is 0 Å².